The minimum Gasteiger partial charge on any atom is -0.393 e. The van der Waals surface area contributed by atoms with E-state index in [2.05, 4.69) is 24.5 Å². The number of amides is 1. The summed E-state index contributed by atoms with van der Waals surface area (Å²) >= 11 is 0. The molecule has 8 heteroatoms. The standard InChI is InChI=1S/C25H50N4O4/c1-6-18(4)10-8-7-9-15-28-21(11-13-26)23(31)16-20(19(5)30)25(33)29-22(12-14-27)24(32)17(2)3/h17-22,28,30H,6-16,26-27H2,1-5H3,(H,29,33)/t18-,19-,20-,21-,22-/m0/s1. The van der Waals surface area contributed by atoms with E-state index in [0.29, 0.717) is 25.9 Å². The molecule has 7 N–H and O–H groups in total. The Balaban J connectivity index is 4.91. The minimum atomic E-state index is -1.03. The summed E-state index contributed by atoms with van der Waals surface area (Å²) in [5.41, 5.74) is 11.3. The van der Waals surface area contributed by atoms with Gasteiger partial charge in [-0.15, -0.1) is 0 Å². The zero-order valence-electron chi connectivity index (χ0n) is 21.6. The summed E-state index contributed by atoms with van der Waals surface area (Å²) in [4.78, 5) is 38.2. The molecule has 0 aromatic rings. The molecule has 0 saturated heterocycles. The van der Waals surface area contributed by atoms with Gasteiger partial charge >= 0.3 is 0 Å². The molecule has 0 aliphatic heterocycles. The van der Waals surface area contributed by atoms with Crippen molar-refractivity contribution in [2.75, 3.05) is 19.6 Å². The second-order valence-electron chi connectivity index (χ2n) is 9.66. The number of ketones is 2. The fraction of sp³-hybridized carbons (Fsp3) is 0.880. The SMILES string of the molecule is CC[C@H](C)CCCCCN[C@@H](CCN)C(=O)C[C@H](C(=O)N[C@@H](CCN)C(=O)C(C)C)[C@H](C)O. The first-order chi connectivity index (χ1) is 15.6. The molecule has 0 unspecified atom stereocenters. The van der Waals surface area contributed by atoms with Gasteiger partial charge in [-0.3, -0.25) is 14.4 Å². The largest absolute Gasteiger partial charge is 0.393 e. The van der Waals surface area contributed by atoms with Gasteiger partial charge in [0.15, 0.2) is 11.6 Å². The third-order valence-electron chi connectivity index (χ3n) is 6.33. The highest BCUT2D eigenvalue weighted by Crippen LogP contribution is 2.15. The molecule has 0 spiro atoms. The van der Waals surface area contributed by atoms with Crippen LogP contribution in [0.4, 0.5) is 0 Å². The van der Waals surface area contributed by atoms with Gasteiger partial charge in [-0.25, -0.2) is 0 Å². The fourth-order valence-corrected chi connectivity index (χ4v) is 3.79. The van der Waals surface area contributed by atoms with Crippen LogP contribution in [0.1, 0.15) is 86.0 Å². The molecule has 0 aliphatic rings. The van der Waals surface area contributed by atoms with Gasteiger partial charge in [0.1, 0.15) is 0 Å². The Morgan fingerprint density at radius 2 is 1.48 bits per heavy atom. The van der Waals surface area contributed by atoms with Crippen LogP contribution in [0.15, 0.2) is 0 Å². The lowest BCUT2D eigenvalue weighted by atomic mass is 9.91. The number of nitrogens with one attached hydrogen (secondary N) is 2. The average Bonchev–Trinajstić information content (AvgIpc) is 2.77. The van der Waals surface area contributed by atoms with Crippen molar-refractivity contribution >= 4 is 17.5 Å². The third-order valence-corrected chi connectivity index (χ3v) is 6.33. The lowest BCUT2D eigenvalue weighted by Gasteiger charge is -2.25. The van der Waals surface area contributed by atoms with Crippen molar-refractivity contribution in [3.8, 4) is 0 Å². The van der Waals surface area contributed by atoms with Gasteiger partial charge in [-0.2, -0.15) is 0 Å². The van der Waals surface area contributed by atoms with Crippen LogP contribution < -0.4 is 22.1 Å². The van der Waals surface area contributed by atoms with Crippen molar-refractivity contribution in [3.05, 3.63) is 0 Å². The number of aliphatic hydroxyl groups excluding tert-OH is 1. The maximum atomic E-state index is 13.0. The highest BCUT2D eigenvalue weighted by Gasteiger charge is 2.32. The van der Waals surface area contributed by atoms with Gasteiger partial charge in [0.05, 0.1) is 24.1 Å². The topological polar surface area (TPSA) is 148 Å². The monoisotopic (exact) mass is 470 g/mol. The smallest absolute Gasteiger partial charge is 0.226 e. The van der Waals surface area contributed by atoms with Gasteiger partial charge in [0.2, 0.25) is 5.91 Å². The first kappa shape index (κ1) is 31.6. The van der Waals surface area contributed by atoms with Gasteiger partial charge < -0.3 is 27.2 Å². The van der Waals surface area contributed by atoms with E-state index in [0.717, 1.165) is 18.8 Å². The molecule has 33 heavy (non-hydrogen) atoms. The number of hydrogen-bond acceptors (Lipinski definition) is 7. The molecule has 0 aromatic heterocycles. The summed E-state index contributed by atoms with van der Waals surface area (Å²) < 4.78 is 0. The molecule has 0 rings (SSSR count). The molecule has 0 aliphatic carbocycles. The Morgan fingerprint density at radius 3 is 2.00 bits per heavy atom. The maximum absolute atomic E-state index is 13.0. The molecule has 0 bridgehead atoms. The quantitative estimate of drug-likeness (QED) is 0.171. The van der Waals surface area contributed by atoms with E-state index in [1.165, 1.54) is 26.2 Å². The second-order valence-corrected chi connectivity index (χ2v) is 9.66. The Morgan fingerprint density at radius 1 is 0.879 bits per heavy atom. The van der Waals surface area contributed by atoms with Gasteiger partial charge in [0.25, 0.3) is 0 Å². The number of nitrogens with two attached hydrogens (primary N) is 2. The first-order valence-electron chi connectivity index (χ1n) is 12.8. The van der Waals surface area contributed by atoms with Crippen LogP contribution in [-0.4, -0.2) is 60.4 Å². The highest BCUT2D eigenvalue weighted by atomic mass is 16.3. The van der Waals surface area contributed by atoms with E-state index in [9.17, 15) is 19.5 Å². The zero-order chi connectivity index (χ0) is 25.4. The number of rotatable bonds is 20. The van der Waals surface area contributed by atoms with E-state index in [-0.39, 0.29) is 30.4 Å². The fourth-order valence-electron chi connectivity index (χ4n) is 3.79. The molecular formula is C25H50N4O4. The number of aliphatic hydroxyl groups is 1. The summed E-state index contributed by atoms with van der Waals surface area (Å²) in [6.07, 6.45) is 5.32. The molecule has 0 fully saturated rings. The van der Waals surface area contributed by atoms with Crippen LogP contribution in [0.25, 0.3) is 0 Å². The summed E-state index contributed by atoms with van der Waals surface area (Å²) in [6, 6.07) is -1.16. The number of carbonyl (C=O) groups excluding carboxylic acids is 3. The third kappa shape index (κ3) is 13.2. The van der Waals surface area contributed by atoms with Crippen LogP contribution in [0, 0.1) is 17.8 Å². The average molecular weight is 471 g/mol. The Bertz CT molecular complexity index is 569. The molecule has 0 radical (unpaired) electrons. The highest BCUT2D eigenvalue weighted by molar-refractivity contribution is 5.93. The Labute approximate surface area is 201 Å². The maximum Gasteiger partial charge on any atom is 0.226 e. The molecule has 0 aromatic carbocycles. The number of carbonyl (C=O) groups is 3. The predicted molar refractivity (Wildman–Crippen MR) is 134 cm³/mol. The lowest BCUT2D eigenvalue weighted by Crippen LogP contribution is -2.49. The van der Waals surface area contributed by atoms with E-state index in [1.807, 2.05) is 0 Å². The van der Waals surface area contributed by atoms with Crippen LogP contribution in [0.2, 0.25) is 0 Å². The summed E-state index contributed by atoms with van der Waals surface area (Å²) in [5, 5.41) is 16.2. The zero-order valence-corrected chi connectivity index (χ0v) is 21.6. The number of hydrogen-bond donors (Lipinski definition) is 5. The van der Waals surface area contributed by atoms with Gasteiger partial charge in [-0.1, -0.05) is 53.4 Å². The predicted octanol–water partition coefficient (Wildman–Crippen LogP) is 1.91. The van der Waals surface area contributed by atoms with E-state index < -0.39 is 30.0 Å². The summed E-state index contributed by atoms with van der Waals surface area (Å²) in [5.74, 6) is -1.20. The van der Waals surface area contributed by atoms with E-state index in [1.54, 1.807) is 13.8 Å². The molecule has 0 heterocycles. The number of Topliss-reactive ketones (excluding diaryl/α,β-unsaturated/α-hetero) is 2. The van der Waals surface area contributed by atoms with Crippen molar-refractivity contribution in [3.63, 3.8) is 0 Å². The van der Waals surface area contributed by atoms with E-state index >= 15 is 0 Å². The van der Waals surface area contributed by atoms with Crippen LogP contribution in [0.3, 0.4) is 0 Å². The number of unbranched alkanes of at least 4 members (excludes halogenated alkanes) is 2. The van der Waals surface area contributed by atoms with Crippen molar-refractivity contribution < 1.29 is 19.5 Å². The Kier molecular flexibility index (Phi) is 17.3. The lowest BCUT2D eigenvalue weighted by molar-refractivity contribution is -0.136. The molecule has 8 nitrogen and oxygen atoms in total. The molecule has 5 atom stereocenters. The summed E-state index contributed by atoms with van der Waals surface area (Å²) in [7, 11) is 0. The molecule has 0 saturated carbocycles. The van der Waals surface area contributed by atoms with Crippen LogP contribution in [-0.2, 0) is 14.4 Å². The van der Waals surface area contributed by atoms with E-state index in [4.69, 9.17) is 11.5 Å². The molecular weight excluding hydrogens is 420 g/mol. The van der Waals surface area contributed by atoms with Crippen LogP contribution >= 0.6 is 0 Å². The van der Waals surface area contributed by atoms with Crippen molar-refractivity contribution in [1.82, 2.24) is 10.6 Å². The van der Waals surface area contributed by atoms with Crippen molar-refractivity contribution in [2.45, 2.75) is 104 Å². The molecule has 194 valence electrons. The minimum absolute atomic E-state index is 0.111. The van der Waals surface area contributed by atoms with Crippen molar-refractivity contribution in [1.29, 1.82) is 0 Å². The van der Waals surface area contributed by atoms with Gasteiger partial charge in [-0.05, 0) is 51.7 Å². The first-order valence-corrected chi connectivity index (χ1v) is 12.8. The normalized spacial score (nSPS) is 16.2. The van der Waals surface area contributed by atoms with Crippen molar-refractivity contribution in [2.24, 2.45) is 29.2 Å². The Hall–Kier alpha value is -1.35. The molecule has 1 amide bonds. The van der Waals surface area contributed by atoms with Gasteiger partial charge in [0, 0.05) is 12.3 Å². The summed E-state index contributed by atoms with van der Waals surface area (Å²) in [6.45, 7) is 10.8. The van der Waals surface area contributed by atoms with Crippen LogP contribution in [0.5, 0.6) is 0 Å². The second kappa shape index (κ2) is 18.0.